The number of rotatable bonds is 4. The molecule has 3 rings (SSSR count). The zero-order valence-corrected chi connectivity index (χ0v) is 12.3. The molecule has 2 aromatic rings. The van der Waals surface area contributed by atoms with Gasteiger partial charge in [-0.2, -0.15) is 4.98 Å². The van der Waals surface area contributed by atoms with Gasteiger partial charge >= 0.3 is 0 Å². The smallest absolute Gasteiger partial charge is 0.234 e. The summed E-state index contributed by atoms with van der Waals surface area (Å²) >= 11 is 0. The summed E-state index contributed by atoms with van der Waals surface area (Å²) in [5, 5.41) is 10.0. The van der Waals surface area contributed by atoms with Crippen molar-refractivity contribution >= 4 is 5.82 Å². The van der Waals surface area contributed by atoms with Gasteiger partial charge in [0.2, 0.25) is 5.88 Å². The Kier molecular flexibility index (Phi) is 4.20. The summed E-state index contributed by atoms with van der Waals surface area (Å²) in [6.07, 6.45) is 3.24. The Morgan fingerprint density at radius 2 is 2.27 bits per heavy atom. The molecule has 1 aromatic heterocycles. The summed E-state index contributed by atoms with van der Waals surface area (Å²) in [5.41, 5.74) is 0.820. The van der Waals surface area contributed by atoms with Crippen molar-refractivity contribution < 1.29 is 14.2 Å². The molecule has 0 unspecified atom stereocenters. The maximum absolute atomic E-state index is 13.5. The van der Waals surface area contributed by atoms with E-state index in [0.717, 1.165) is 5.56 Å². The Balaban J connectivity index is 1.92. The minimum Gasteiger partial charge on any atom is -0.477 e. The van der Waals surface area contributed by atoms with Crippen LogP contribution in [0.2, 0.25) is 0 Å². The normalized spacial score (nSPS) is 21.1. The summed E-state index contributed by atoms with van der Waals surface area (Å²) in [4.78, 5) is 10.5. The Morgan fingerprint density at radius 1 is 1.41 bits per heavy atom. The van der Waals surface area contributed by atoms with Gasteiger partial charge in [0.05, 0.1) is 31.1 Å². The minimum absolute atomic E-state index is 0.128. The molecule has 2 heterocycles. The summed E-state index contributed by atoms with van der Waals surface area (Å²) < 4.78 is 18.9. The summed E-state index contributed by atoms with van der Waals surface area (Å²) in [6.45, 7) is 2.82. The number of halogens is 1. The van der Waals surface area contributed by atoms with E-state index in [4.69, 9.17) is 4.74 Å². The molecule has 1 aliphatic rings. The SMILES string of the molecule is CCOc1cncc(N2C[C@@H](O)C[C@@H]2c2cccc(F)c2)n1. The maximum Gasteiger partial charge on any atom is 0.234 e. The number of anilines is 1. The lowest BCUT2D eigenvalue weighted by molar-refractivity contribution is 0.194. The minimum atomic E-state index is -0.481. The number of nitrogens with zero attached hydrogens (tertiary/aromatic N) is 3. The largest absolute Gasteiger partial charge is 0.477 e. The molecule has 22 heavy (non-hydrogen) atoms. The van der Waals surface area contributed by atoms with Crippen LogP contribution in [0.4, 0.5) is 10.2 Å². The lowest BCUT2D eigenvalue weighted by Gasteiger charge is -2.25. The first-order valence-corrected chi connectivity index (χ1v) is 7.32. The van der Waals surface area contributed by atoms with E-state index in [1.807, 2.05) is 17.9 Å². The average Bonchev–Trinajstić information content (AvgIpc) is 2.90. The molecule has 0 bridgehead atoms. The van der Waals surface area contributed by atoms with Crippen molar-refractivity contribution in [2.75, 3.05) is 18.1 Å². The Morgan fingerprint density at radius 3 is 3.05 bits per heavy atom. The molecule has 6 heteroatoms. The molecular formula is C16H18FN3O2. The third kappa shape index (κ3) is 3.01. The molecule has 2 atom stereocenters. The fraction of sp³-hybridized carbons (Fsp3) is 0.375. The second kappa shape index (κ2) is 6.27. The van der Waals surface area contributed by atoms with Crippen LogP contribution < -0.4 is 9.64 Å². The molecule has 0 spiro atoms. The number of aliphatic hydroxyl groups is 1. The number of aliphatic hydroxyl groups excluding tert-OH is 1. The molecule has 0 radical (unpaired) electrons. The highest BCUT2D eigenvalue weighted by molar-refractivity contribution is 5.44. The van der Waals surface area contributed by atoms with Crippen LogP contribution in [-0.4, -0.2) is 34.3 Å². The van der Waals surface area contributed by atoms with Crippen molar-refractivity contribution in [3.05, 3.63) is 48.0 Å². The monoisotopic (exact) mass is 303 g/mol. The van der Waals surface area contributed by atoms with Crippen molar-refractivity contribution in [1.29, 1.82) is 0 Å². The van der Waals surface area contributed by atoms with E-state index in [1.54, 1.807) is 18.5 Å². The zero-order valence-electron chi connectivity index (χ0n) is 12.3. The van der Waals surface area contributed by atoms with Crippen LogP contribution >= 0.6 is 0 Å². The van der Waals surface area contributed by atoms with E-state index in [1.165, 1.54) is 12.1 Å². The van der Waals surface area contributed by atoms with E-state index in [0.29, 0.717) is 31.3 Å². The molecule has 5 nitrogen and oxygen atoms in total. The number of benzene rings is 1. The third-order valence-electron chi connectivity index (χ3n) is 3.70. The topological polar surface area (TPSA) is 58.5 Å². The molecule has 0 aliphatic carbocycles. The summed E-state index contributed by atoms with van der Waals surface area (Å²) in [6, 6.07) is 6.32. The summed E-state index contributed by atoms with van der Waals surface area (Å²) in [5.74, 6) is 0.782. The lowest BCUT2D eigenvalue weighted by Crippen LogP contribution is -2.25. The summed E-state index contributed by atoms with van der Waals surface area (Å²) in [7, 11) is 0. The van der Waals surface area contributed by atoms with E-state index in [-0.39, 0.29) is 11.9 Å². The fourth-order valence-electron chi connectivity index (χ4n) is 2.79. The third-order valence-corrected chi connectivity index (χ3v) is 3.70. The first kappa shape index (κ1) is 14.7. The highest BCUT2D eigenvalue weighted by atomic mass is 19.1. The first-order chi connectivity index (χ1) is 10.7. The van der Waals surface area contributed by atoms with Crippen LogP contribution in [-0.2, 0) is 0 Å². The van der Waals surface area contributed by atoms with Crippen molar-refractivity contribution in [3.63, 3.8) is 0 Å². The van der Waals surface area contributed by atoms with Gasteiger partial charge in [-0.1, -0.05) is 12.1 Å². The quantitative estimate of drug-likeness (QED) is 0.939. The Labute approximate surface area is 128 Å². The van der Waals surface area contributed by atoms with Crippen LogP contribution in [0.5, 0.6) is 5.88 Å². The molecule has 1 N–H and O–H groups in total. The predicted molar refractivity (Wildman–Crippen MR) is 80.3 cm³/mol. The van der Waals surface area contributed by atoms with Crippen molar-refractivity contribution in [1.82, 2.24) is 9.97 Å². The van der Waals surface area contributed by atoms with E-state index < -0.39 is 6.10 Å². The Bertz CT molecular complexity index is 653. The van der Waals surface area contributed by atoms with E-state index in [2.05, 4.69) is 9.97 Å². The van der Waals surface area contributed by atoms with Gasteiger partial charge in [-0.3, -0.25) is 4.98 Å². The number of hydrogen-bond acceptors (Lipinski definition) is 5. The molecule has 1 saturated heterocycles. The Hall–Kier alpha value is -2.21. The maximum atomic E-state index is 13.5. The van der Waals surface area contributed by atoms with Crippen molar-refractivity contribution in [2.45, 2.75) is 25.5 Å². The highest BCUT2D eigenvalue weighted by Gasteiger charge is 2.33. The standard InChI is InChI=1S/C16H18FN3O2/c1-2-22-16-9-18-8-15(19-16)20-10-13(21)7-14(20)11-4-3-5-12(17)6-11/h3-6,8-9,13-14,21H,2,7,10H2,1H3/t13-,14+/m0/s1. The van der Waals surface area contributed by atoms with Gasteiger partial charge in [-0.05, 0) is 31.0 Å². The number of ether oxygens (including phenoxy) is 1. The van der Waals surface area contributed by atoms with Crippen LogP contribution in [0.25, 0.3) is 0 Å². The molecule has 1 fully saturated rings. The van der Waals surface area contributed by atoms with Gasteiger partial charge in [-0.15, -0.1) is 0 Å². The molecule has 116 valence electrons. The molecule has 1 aromatic carbocycles. The molecule has 0 saturated carbocycles. The van der Waals surface area contributed by atoms with E-state index >= 15 is 0 Å². The van der Waals surface area contributed by atoms with Crippen molar-refractivity contribution in [2.24, 2.45) is 0 Å². The van der Waals surface area contributed by atoms with Gasteiger partial charge in [-0.25, -0.2) is 4.39 Å². The fourth-order valence-corrected chi connectivity index (χ4v) is 2.79. The number of β-amino-alcohol motifs (C(OH)–C–C–N with tert-alkyl or cyclic N) is 1. The number of hydrogen-bond donors (Lipinski definition) is 1. The van der Waals surface area contributed by atoms with Gasteiger partial charge in [0.25, 0.3) is 0 Å². The second-order valence-corrected chi connectivity index (χ2v) is 5.26. The van der Waals surface area contributed by atoms with Crippen LogP contribution in [0.3, 0.4) is 0 Å². The van der Waals surface area contributed by atoms with Gasteiger partial charge < -0.3 is 14.7 Å². The van der Waals surface area contributed by atoms with Gasteiger partial charge in [0.1, 0.15) is 5.82 Å². The highest BCUT2D eigenvalue weighted by Crippen LogP contribution is 2.35. The molecular weight excluding hydrogens is 285 g/mol. The van der Waals surface area contributed by atoms with Gasteiger partial charge in [0, 0.05) is 6.54 Å². The zero-order chi connectivity index (χ0) is 15.5. The first-order valence-electron chi connectivity index (χ1n) is 7.32. The number of aromatic nitrogens is 2. The van der Waals surface area contributed by atoms with E-state index in [9.17, 15) is 9.50 Å². The molecule has 1 aliphatic heterocycles. The van der Waals surface area contributed by atoms with Crippen LogP contribution in [0.1, 0.15) is 24.9 Å². The van der Waals surface area contributed by atoms with Crippen LogP contribution in [0.15, 0.2) is 36.7 Å². The van der Waals surface area contributed by atoms with Crippen molar-refractivity contribution in [3.8, 4) is 5.88 Å². The van der Waals surface area contributed by atoms with Crippen LogP contribution in [0, 0.1) is 5.82 Å². The lowest BCUT2D eigenvalue weighted by atomic mass is 10.0. The predicted octanol–water partition coefficient (Wildman–Crippen LogP) is 2.33. The molecule has 0 amide bonds. The van der Waals surface area contributed by atoms with Gasteiger partial charge in [0.15, 0.2) is 5.82 Å². The second-order valence-electron chi connectivity index (χ2n) is 5.26. The average molecular weight is 303 g/mol.